The molecule has 0 spiro atoms. The number of thioether (sulfide) groups is 1. The van der Waals surface area contributed by atoms with Crippen molar-refractivity contribution in [2.75, 3.05) is 19.3 Å². The van der Waals surface area contributed by atoms with Crippen molar-refractivity contribution in [3.8, 4) is 0 Å². The molecule has 0 aliphatic carbocycles. The first-order chi connectivity index (χ1) is 9.52. The first kappa shape index (κ1) is 15.1. The number of carbonyl (C=O) groups is 1. The SMILES string of the molecule is CSC1(C(N)=NO)CCN(C(=O)c2cnc(C)s2)CC1. The number of thiazole rings is 1. The van der Waals surface area contributed by atoms with Gasteiger partial charge in [0.05, 0.1) is 16.0 Å². The Morgan fingerprint density at radius 3 is 2.70 bits per heavy atom. The maximum absolute atomic E-state index is 12.3. The lowest BCUT2D eigenvalue weighted by atomic mass is 9.94. The highest BCUT2D eigenvalue weighted by Gasteiger charge is 2.39. The summed E-state index contributed by atoms with van der Waals surface area (Å²) in [6, 6.07) is 0. The van der Waals surface area contributed by atoms with Crippen LogP contribution in [0.3, 0.4) is 0 Å². The molecule has 0 bridgehead atoms. The Kier molecular flexibility index (Phi) is 4.54. The van der Waals surface area contributed by atoms with Gasteiger partial charge in [-0.05, 0) is 26.0 Å². The molecule has 6 nitrogen and oxygen atoms in total. The number of hydrogen-bond donors (Lipinski definition) is 2. The van der Waals surface area contributed by atoms with Crippen molar-refractivity contribution in [2.24, 2.45) is 10.9 Å². The van der Waals surface area contributed by atoms with Gasteiger partial charge in [0.2, 0.25) is 0 Å². The average molecular weight is 314 g/mol. The molecule has 0 saturated carbocycles. The van der Waals surface area contributed by atoms with Crippen LogP contribution in [0.1, 0.15) is 27.5 Å². The van der Waals surface area contributed by atoms with Crippen LogP contribution in [0.4, 0.5) is 0 Å². The Morgan fingerprint density at radius 1 is 1.60 bits per heavy atom. The van der Waals surface area contributed by atoms with Gasteiger partial charge in [-0.2, -0.15) is 11.8 Å². The van der Waals surface area contributed by atoms with Crippen LogP contribution >= 0.6 is 23.1 Å². The van der Waals surface area contributed by atoms with Crippen LogP contribution in [0.15, 0.2) is 11.4 Å². The standard InChI is InChI=1S/C12H18N4O2S2/c1-8-14-7-9(20-8)10(17)16-5-3-12(19-2,4-6-16)11(13)15-18/h7,18H,3-6H2,1-2H3,(H2,13,15). The van der Waals surface area contributed by atoms with E-state index in [0.717, 1.165) is 5.01 Å². The fraction of sp³-hybridized carbons (Fsp3) is 0.583. The van der Waals surface area contributed by atoms with Crippen molar-refractivity contribution in [2.45, 2.75) is 24.5 Å². The first-order valence-electron chi connectivity index (χ1n) is 6.27. The molecular weight excluding hydrogens is 296 g/mol. The molecule has 3 N–H and O–H groups in total. The fourth-order valence-electron chi connectivity index (χ4n) is 2.34. The Hall–Kier alpha value is -1.28. The molecular formula is C12H18N4O2S2. The van der Waals surface area contributed by atoms with E-state index in [1.54, 1.807) is 18.0 Å². The number of amides is 1. The number of likely N-dealkylation sites (tertiary alicyclic amines) is 1. The van der Waals surface area contributed by atoms with E-state index in [1.165, 1.54) is 11.3 Å². The number of nitrogens with zero attached hydrogens (tertiary/aromatic N) is 3. The number of rotatable bonds is 3. The minimum absolute atomic E-state index is 0.0183. The summed E-state index contributed by atoms with van der Waals surface area (Å²) in [6.07, 6.45) is 4.95. The maximum atomic E-state index is 12.3. The van der Waals surface area contributed by atoms with E-state index in [2.05, 4.69) is 10.1 Å². The van der Waals surface area contributed by atoms with Crippen LogP contribution in [0.2, 0.25) is 0 Å². The van der Waals surface area contributed by atoms with Gasteiger partial charge in [-0.25, -0.2) is 4.98 Å². The van der Waals surface area contributed by atoms with Gasteiger partial charge in [0.15, 0.2) is 5.84 Å². The number of carbonyl (C=O) groups excluding carboxylic acids is 1. The third kappa shape index (κ3) is 2.76. The molecule has 1 amide bonds. The molecule has 0 atom stereocenters. The second-order valence-corrected chi connectivity index (χ2v) is 7.14. The first-order valence-corrected chi connectivity index (χ1v) is 8.31. The van der Waals surface area contributed by atoms with Crippen LogP contribution in [0, 0.1) is 6.92 Å². The van der Waals surface area contributed by atoms with Crippen LogP contribution < -0.4 is 5.73 Å². The van der Waals surface area contributed by atoms with Crippen LogP contribution in [0.5, 0.6) is 0 Å². The topological polar surface area (TPSA) is 91.8 Å². The minimum atomic E-state index is -0.366. The number of nitrogens with two attached hydrogens (primary N) is 1. The van der Waals surface area contributed by atoms with Gasteiger partial charge in [-0.3, -0.25) is 4.79 Å². The van der Waals surface area contributed by atoms with Crippen LogP contribution in [0.25, 0.3) is 0 Å². The summed E-state index contributed by atoms with van der Waals surface area (Å²) in [4.78, 5) is 18.9. The number of aromatic nitrogens is 1. The summed E-state index contributed by atoms with van der Waals surface area (Å²) in [5.41, 5.74) is 5.80. The molecule has 1 saturated heterocycles. The van der Waals surface area contributed by atoms with Gasteiger partial charge < -0.3 is 15.8 Å². The monoisotopic (exact) mass is 314 g/mol. The summed E-state index contributed by atoms with van der Waals surface area (Å²) < 4.78 is -0.366. The molecule has 0 unspecified atom stereocenters. The Balaban J connectivity index is 2.06. The van der Waals surface area contributed by atoms with E-state index < -0.39 is 0 Å². The highest BCUT2D eigenvalue weighted by molar-refractivity contribution is 8.00. The molecule has 1 fully saturated rings. The van der Waals surface area contributed by atoms with Gasteiger partial charge in [-0.15, -0.1) is 11.3 Å². The molecule has 1 aromatic heterocycles. The lowest BCUT2D eigenvalue weighted by molar-refractivity contribution is 0.0722. The highest BCUT2D eigenvalue weighted by atomic mass is 32.2. The Bertz CT molecular complexity index is 521. The van der Waals surface area contributed by atoms with Crippen molar-refractivity contribution in [1.29, 1.82) is 0 Å². The van der Waals surface area contributed by atoms with Crippen LogP contribution in [-0.2, 0) is 0 Å². The quantitative estimate of drug-likeness (QED) is 0.382. The predicted molar refractivity (Wildman–Crippen MR) is 81.6 cm³/mol. The molecule has 20 heavy (non-hydrogen) atoms. The summed E-state index contributed by atoms with van der Waals surface area (Å²) in [6.45, 7) is 3.09. The van der Waals surface area contributed by atoms with E-state index >= 15 is 0 Å². The zero-order chi connectivity index (χ0) is 14.8. The smallest absolute Gasteiger partial charge is 0.265 e. The largest absolute Gasteiger partial charge is 0.409 e. The zero-order valence-corrected chi connectivity index (χ0v) is 13.1. The third-order valence-electron chi connectivity index (χ3n) is 3.66. The highest BCUT2D eigenvalue weighted by Crippen LogP contribution is 2.35. The molecule has 1 aliphatic heterocycles. The summed E-state index contributed by atoms with van der Waals surface area (Å²) in [7, 11) is 0. The van der Waals surface area contributed by atoms with Crippen LogP contribution in [-0.4, -0.2) is 50.9 Å². The van der Waals surface area contributed by atoms with E-state index in [4.69, 9.17) is 10.9 Å². The van der Waals surface area contributed by atoms with Gasteiger partial charge in [0.1, 0.15) is 4.88 Å². The van der Waals surface area contributed by atoms with E-state index in [1.807, 2.05) is 18.1 Å². The Labute approximate surface area is 126 Å². The molecule has 2 rings (SSSR count). The molecule has 2 heterocycles. The van der Waals surface area contributed by atoms with Crippen molar-refractivity contribution in [3.05, 3.63) is 16.1 Å². The van der Waals surface area contributed by atoms with E-state index in [-0.39, 0.29) is 16.5 Å². The second kappa shape index (κ2) is 6.01. The van der Waals surface area contributed by atoms with Crippen molar-refractivity contribution < 1.29 is 10.0 Å². The van der Waals surface area contributed by atoms with Gasteiger partial charge in [0, 0.05) is 13.1 Å². The molecule has 0 aromatic carbocycles. The van der Waals surface area contributed by atoms with Crippen molar-refractivity contribution in [3.63, 3.8) is 0 Å². The summed E-state index contributed by atoms with van der Waals surface area (Å²) in [5, 5.41) is 12.9. The number of hydrogen-bond acceptors (Lipinski definition) is 6. The normalized spacial score (nSPS) is 19.1. The van der Waals surface area contributed by atoms with E-state index in [0.29, 0.717) is 30.8 Å². The maximum Gasteiger partial charge on any atom is 0.265 e. The number of amidine groups is 1. The summed E-state index contributed by atoms with van der Waals surface area (Å²) >= 11 is 2.99. The molecule has 1 aliphatic rings. The summed E-state index contributed by atoms with van der Waals surface area (Å²) in [5.74, 6) is 0.260. The Morgan fingerprint density at radius 2 is 2.25 bits per heavy atom. The third-order valence-corrected chi connectivity index (χ3v) is 5.96. The fourth-order valence-corrected chi connectivity index (χ4v) is 3.93. The van der Waals surface area contributed by atoms with Gasteiger partial charge in [0.25, 0.3) is 5.91 Å². The number of aryl methyl sites for hydroxylation is 1. The zero-order valence-electron chi connectivity index (χ0n) is 11.5. The lowest BCUT2D eigenvalue weighted by Crippen LogP contribution is -2.51. The molecule has 8 heteroatoms. The molecule has 0 radical (unpaired) electrons. The van der Waals surface area contributed by atoms with Gasteiger partial charge >= 0.3 is 0 Å². The predicted octanol–water partition coefficient (Wildman–Crippen LogP) is 1.54. The number of oxime groups is 1. The second-order valence-electron chi connectivity index (χ2n) is 4.72. The molecule has 1 aromatic rings. The minimum Gasteiger partial charge on any atom is -0.409 e. The van der Waals surface area contributed by atoms with Crippen molar-refractivity contribution >= 4 is 34.8 Å². The number of piperidine rings is 1. The van der Waals surface area contributed by atoms with Gasteiger partial charge in [-0.1, -0.05) is 5.16 Å². The lowest BCUT2D eigenvalue weighted by Gasteiger charge is -2.39. The molecule has 110 valence electrons. The average Bonchev–Trinajstić information content (AvgIpc) is 2.92. The van der Waals surface area contributed by atoms with E-state index in [9.17, 15) is 4.79 Å². The van der Waals surface area contributed by atoms with Crippen molar-refractivity contribution in [1.82, 2.24) is 9.88 Å².